The van der Waals surface area contributed by atoms with Gasteiger partial charge < -0.3 is 9.52 Å². The number of aromatic hydroxyl groups is 1. The van der Waals surface area contributed by atoms with Crippen LogP contribution >= 0.6 is 24.0 Å². The lowest BCUT2D eigenvalue weighted by Crippen LogP contribution is -2.22. The van der Waals surface area contributed by atoms with Crippen LogP contribution in [0.25, 0.3) is 6.08 Å². The summed E-state index contributed by atoms with van der Waals surface area (Å²) in [6.45, 7) is 1.79. The van der Waals surface area contributed by atoms with Crippen LogP contribution in [0, 0.1) is 17.0 Å². The van der Waals surface area contributed by atoms with Crippen LogP contribution in [0.2, 0.25) is 0 Å². The number of carbonyl (C=O) groups excluding carboxylic acids is 1. The molecule has 0 bridgehead atoms. The molecule has 2 heterocycles. The van der Waals surface area contributed by atoms with E-state index in [1.54, 1.807) is 25.1 Å². The van der Waals surface area contributed by atoms with Crippen molar-refractivity contribution in [2.75, 3.05) is 0 Å². The highest BCUT2D eigenvalue weighted by Gasteiger charge is 2.32. The van der Waals surface area contributed by atoms with E-state index < -0.39 is 10.8 Å². The molecule has 0 atom stereocenters. The summed E-state index contributed by atoms with van der Waals surface area (Å²) in [6.07, 6.45) is 2.71. The van der Waals surface area contributed by atoms with E-state index in [1.165, 1.54) is 12.1 Å². The number of aryl methyl sites for hydroxylation is 1. The van der Waals surface area contributed by atoms with Gasteiger partial charge in [-0.05, 0) is 37.3 Å². The second kappa shape index (κ2) is 7.10. The van der Waals surface area contributed by atoms with Crippen molar-refractivity contribution in [1.82, 2.24) is 5.01 Å². The molecular weight excluding hydrogens is 378 g/mol. The topological polar surface area (TPSA) is 109 Å². The molecule has 2 aromatic rings. The van der Waals surface area contributed by atoms with Gasteiger partial charge in [-0.15, -0.1) is 0 Å². The van der Waals surface area contributed by atoms with Crippen LogP contribution in [-0.2, 0) is 4.79 Å². The predicted molar refractivity (Wildman–Crippen MR) is 101 cm³/mol. The Kier molecular flexibility index (Phi) is 4.87. The molecule has 0 spiro atoms. The van der Waals surface area contributed by atoms with Gasteiger partial charge >= 0.3 is 0 Å². The van der Waals surface area contributed by atoms with Crippen molar-refractivity contribution >= 4 is 52.2 Å². The van der Waals surface area contributed by atoms with Gasteiger partial charge in [-0.1, -0.05) is 11.8 Å². The summed E-state index contributed by atoms with van der Waals surface area (Å²) in [5.74, 6) is 0.579. The molecule has 1 amide bonds. The Labute approximate surface area is 156 Å². The maximum absolute atomic E-state index is 12.4. The number of rotatable bonds is 4. The number of nitrogens with zero attached hydrogens (tertiary/aromatic N) is 3. The quantitative estimate of drug-likeness (QED) is 0.280. The van der Waals surface area contributed by atoms with Crippen LogP contribution in [0.4, 0.5) is 5.69 Å². The standard InChI is InChI=1S/C16H11N3O5S2/c1-9-2-4-12(24-9)7-14-15(21)18(16(25)26-14)17-8-10-6-11(19(22)23)3-5-13(10)20/h2-8,20H,1H3/b14-7-,17-8-. The predicted octanol–water partition coefficient (Wildman–Crippen LogP) is 3.44. The van der Waals surface area contributed by atoms with E-state index in [1.807, 2.05) is 0 Å². The number of phenols is 1. The number of nitro groups is 1. The van der Waals surface area contributed by atoms with Gasteiger partial charge in [0.15, 0.2) is 4.32 Å². The first-order valence-electron chi connectivity index (χ1n) is 7.21. The number of nitro benzene ring substituents is 1. The van der Waals surface area contributed by atoms with Crippen molar-refractivity contribution in [1.29, 1.82) is 0 Å². The number of phenolic OH excluding ortho intramolecular Hbond substituents is 1. The van der Waals surface area contributed by atoms with E-state index in [2.05, 4.69) is 5.10 Å². The number of benzene rings is 1. The van der Waals surface area contributed by atoms with Crippen molar-refractivity contribution < 1.29 is 19.2 Å². The molecule has 1 N–H and O–H groups in total. The number of hydrazone groups is 1. The van der Waals surface area contributed by atoms with Gasteiger partial charge in [0.05, 0.1) is 16.0 Å². The molecule has 1 aromatic carbocycles. The number of amides is 1. The molecule has 8 nitrogen and oxygen atoms in total. The highest BCUT2D eigenvalue weighted by molar-refractivity contribution is 8.26. The number of carbonyl (C=O) groups is 1. The zero-order valence-corrected chi connectivity index (χ0v) is 14.9. The Bertz CT molecular complexity index is 980. The fourth-order valence-corrected chi connectivity index (χ4v) is 3.25. The summed E-state index contributed by atoms with van der Waals surface area (Å²) in [7, 11) is 0. The maximum Gasteiger partial charge on any atom is 0.286 e. The second-order valence-electron chi connectivity index (χ2n) is 5.19. The Morgan fingerprint density at radius 2 is 2.15 bits per heavy atom. The lowest BCUT2D eigenvalue weighted by atomic mass is 10.2. The summed E-state index contributed by atoms with van der Waals surface area (Å²) >= 11 is 6.20. The molecule has 0 radical (unpaired) electrons. The molecule has 26 heavy (non-hydrogen) atoms. The molecule has 10 heteroatoms. The Morgan fingerprint density at radius 3 is 2.81 bits per heavy atom. The van der Waals surface area contributed by atoms with Gasteiger partial charge in [0.25, 0.3) is 11.6 Å². The largest absolute Gasteiger partial charge is 0.507 e. The van der Waals surface area contributed by atoms with Crippen molar-refractivity contribution in [3.05, 3.63) is 62.4 Å². The van der Waals surface area contributed by atoms with E-state index in [4.69, 9.17) is 16.6 Å². The van der Waals surface area contributed by atoms with Crippen LogP contribution in [0.1, 0.15) is 17.1 Å². The van der Waals surface area contributed by atoms with E-state index in [0.717, 1.165) is 29.1 Å². The lowest BCUT2D eigenvalue weighted by Gasteiger charge is -2.06. The van der Waals surface area contributed by atoms with Gasteiger partial charge in [0, 0.05) is 23.8 Å². The molecule has 1 fully saturated rings. The smallest absolute Gasteiger partial charge is 0.286 e. The van der Waals surface area contributed by atoms with Crippen molar-refractivity contribution in [3.8, 4) is 5.75 Å². The number of furan rings is 1. The van der Waals surface area contributed by atoms with E-state index in [0.29, 0.717) is 16.4 Å². The molecule has 1 aliphatic rings. The van der Waals surface area contributed by atoms with Gasteiger partial charge in [-0.25, -0.2) is 0 Å². The summed E-state index contributed by atoms with van der Waals surface area (Å²) in [5, 5.41) is 25.6. The Balaban J connectivity index is 1.84. The van der Waals surface area contributed by atoms with Crippen LogP contribution < -0.4 is 0 Å². The normalized spacial score (nSPS) is 16.2. The summed E-state index contributed by atoms with van der Waals surface area (Å²) in [6, 6.07) is 7.00. The second-order valence-corrected chi connectivity index (χ2v) is 6.86. The molecule has 0 saturated carbocycles. The minimum Gasteiger partial charge on any atom is -0.507 e. The third kappa shape index (κ3) is 3.65. The number of hydrogen-bond donors (Lipinski definition) is 1. The molecule has 3 rings (SSSR count). The number of thioether (sulfide) groups is 1. The molecule has 1 saturated heterocycles. The van der Waals surface area contributed by atoms with Crippen molar-refractivity contribution in [3.63, 3.8) is 0 Å². The van der Waals surface area contributed by atoms with Crippen LogP contribution in [0.3, 0.4) is 0 Å². The summed E-state index contributed by atoms with van der Waals surface area (Å²) in [5.41, 5.74) is -0.110. The monoisotopic (exact) mass is 389 g/mol. The minimum absolute atomic E-state index is 0.0962. The number of thiocarbonyl (C=S) groups is 1. The zero-order chi connectivity index (χ0) is 18.8. The molecule has 1 aliphatic heterocycles. The SMILES string of the molecule is Cc1ccc(/C=C2\SC(=S)N(/N=C\c3cc([N+](=O)[O-])ccc3O)C2=O)o1. The highest BCUT2D eigenvalue weighted by Crippen LogP contribution is 2.33. The summed E-state index contributed by atoms with van der Waals surface area (Å²) < 4.78 is 5.61. The third-order valence-corrected chi connectivity index (χ3v) is 4.62. The van der Waals surface area contributed by atoms with Gasteiger partial charge in [-0.3, -0.25) is 14.9 Å². The van der Waals surface area contributed by atoms with Crippen LogP contribution in [0.15, 0.2) is 44.8 Å². The third-order valence-electron chi connectivity index (χ3n) is 3.34. The van der Waals surface area contributed by atoms with Crippen molar-refractivity contribution in [2.24, 2.45) is 5.10 Å². The minimum atomic E-state index is -0.593. The summed E-state index contributed by atoms with van der Waals surface area (Å²) in [4.78, 5) is 23.0. The van der Waals surface area contributed by atoms with Gasteiger partial charge in [0.1, 0.15) is 17.3 Å². The maximum atomic E-state index is 12.4. The molecule has 0 unspecified atom stereocenters. The number of hydrogen-bond acceptors (Lipinski definition) is 8. The Hall–Kier alpha value is -2.98. The first kappa shape index (κ1) is 17.8. The lowest BCUT2D eigenvalue weighted by molar-refractivity contribution is -0.384. The molecular formula is C16H11N3O5S2. The van der Waals surface area contributed by atoms with Gasteiger partial charge in [0.2, 0.25) is 0 Å². The average Bonchev–Trinajstić information content (AvgIpc) is 3.11. The van der Waals surface area contributed by atoms with Crippen LogP contribution in [0.5, 0.6) is 5.75 Å². The van der Waals surface area contributed by atoms with E-state index in [9.17, 15) is 20.0 Å². The van der Waals surface area contributed by atoms with Gasteiger partial charge in [-0.2, -0.15) is 10.1 Å². The first-order valence-corrected chi connectivity index (χ1v) is 8.43. The van der Waals surface area contributed by atoms with E-state index in [-0.39, 0.29) is 21.3 Å². The Morgan fingerprint density at radius 1 is 1.38 bits per heavy atom. The molecule has 132 valence electrons. The number of non-ortho nitro benzene ring substituents is 1. The zero-order valence-electron chi connectivity index (χ0n) is 13.3. The average molecular weight is 389 g/mol. The molecule has 1 aromatic heterocycles. The van der Waals surface area contributed by atoms with E-state index >= 15 is 0 Å². The highest BCUT2D eigenvalue weighted by atomic mass is 32.2. The fraction of sp³-hybridized carbons (Fsp3) is 0.0625. The first-order chi connectivity index (χ1) is 12.3. The van der Waals surface area contributed by atoms with Crippen LogP contribution in [-0.4, -0.2) is 31.5 Å². The molecule has 0 aliphatic carbocycles. The fourth-order valence-electron chi connectivity index (χ4n) is 2.10. The van der Waals surface area contributed by atoms with Crippen molar-refractivity contribution in [2.45, 2.75) is 6.92 Å².